The van der Waals surface area contributed by atoms with Crippen molar-refractivity contribution in [2.45, 2.75) is 11.8 Å². The first-order chi connectivity index (χ1) is 12.3. The number of aliphatic hydroxyl groups is 1. The van der Waals surface area contributed by atoms with Crippen molar-refractivity contribution in [2.75, 3.05) is 58.3 Å². The van der Waals surface area contributed by atoms with Crippen LogP contribution in [-0.4, -0.2) is 79.0 Å². The average Bonchev–Trinajstić information content (AvgIpc) is 2.85. The molecule has 0 unspecified atom stereocenters. The highest BCUT2D eigenvalue weighted by Gasteiger charge is 2.24. The van der Waals surface area contributed by atoms with Crippen LogP contribution in [-0.2, 0) is 4.74 Å². The van der Waals surface area contributed by atoms with Crippen molar-refractivity contribution in [2.24, 2.45) is 4.99 Å². The molecule has 136 valence electrons. The third-order valence-electron chi connectivity index (χ3n) is 4.55. The van der Waals surface area contributed by atoms with Gasteiger partial charge in [-0.15, -0.1) is 11.8 Å². The molecule has 0 bridgehead atoms. The Bertz CT molecular complexity index is 625. The summed E-state index contributed by atoms with van der Waals surface area (Å²) in [5.74, 6) is 2.05. The fourth-order valence-electron chi connectivity index (χ4n) is 3.09. The van der Waals surface area contributed by atoms with E-state index in [1.165, 1.54) is 10.5 Å². The first kappa shape index (κ1) is 18.5. The van der Waals surface area contributed by atoms with Crippen LogP contribution in [0, 0.1) is 0 Å². The number of ether oxygens (including phenoxy) is 1. The van der Waals surface area contributed by atoms with Gasteiger partial charge in [0.15, 0.2) is 0 Å². The molecule has 0 amide bonds. The van der Waals surface area contributed by atoms with E-state index in [0.717, 1.165) is 50.0 Å². The quantitative estimate of drug-likeness (QED) is 0.814. The maximum absolute atomic E-state index is 8.76. The molecule has 25 heavy (non-hydrogen) atoms. The molecule has 0 radical (unpaired) electrons. The Balaban J connectivity index is 1.66. The van der Waals surface area contributed by atoms with Crippen molar-refractivity contribution < 1.29 is 9.84 Å². The van der Waals surface area contributed by atoms with Crippen molar-refractivity contribution >= 4 is 17.6 Å². The number of hydrogen-bond acceptors (Lipinski definition) is 6. The van der Waals surface area contributed by atoms with Crippen molar-refractivity contribution in [3.63, 3.8) is 0 Å². The summed E-state index contributed by atoms with van der Waals surface area (Å²) in [5, 5.41) is 8.76. The summed E-state index contributed by atoms with van der Waals surface area (Å²) in [7, 11) is 0. The Labute approximate surface area is 154 Å². The van der Waals surface area contributed by atoms with Crippen LogP contribution < -0.4 is 0 Å². The first-order valence-corrected chi connectivity index (χ1v) is 9.92. The van der Waals surface area contributed by atoms with Gasteiger partial charge in [-0.05, 0) is 13.0 Å². The molecule has 3 rings (SSSR count). The maximum Gasteiger partial charge on any atom is 0.137 e. The van der Waals surface area contributed by atoms with Gasteiger partial charge in [0.1, 0.15) is 5.84 Å². The summed E-state index contributed by atoms with van der Waals surface area (Å²) < 4.78 is 5.38. The minimum atomic E-state index is 0.0955. The molecule has 5 nitrogen and oxygen atoms in total. The Morgan fingerprint density at radius 3 is 2.76 bits per heavy atom. The minimum Gasteiger partial charge on any atom is -0.394 e. The topological polar surface area (TPSA) is 48.3 Å². The number of aliphatic imine (C=N–C) groups is 1. The van der Waals surface area contributed by atoms with E-state index in [9.17, 15) is 0 Å². The van der Waals surface area contributed by atoms with Gasteiger partial charge in [0.25, 0.3) is 0 Å². The van der Waals surface area contributed by atoms with Gasteiger partial charge in [-0.3, -0.25) is 4.90 Å². The summed E-state index contributed by atoms with van der Waals surface area (Å²) in [4.78, 5) is 11.1. The zero-order chi connectivity index (χ0) is 17.5. The second-order valence-electron chi connectivity index (χ2n) is 6.16. The molecule has 0 aromatic heterocycles. The van der Waals surface area contributed by atoms with Gasteiger partial charge >= 0.3 is 0 Å². The number of aliphatic hydroxyl groups excluding tert-OH is 1. The molecule has 0 aliphatic carbocycles. The Morgan fingerprint density at radius 2 is 2.00 bits per heavy atom. The van der Waals surface area contributed by atoms with E-state index >= 15 is 0 Å². The van der Waals surface area contributed by atoms with Crippen LogP contribution >= 0.6 is 11.8 Å². The SMILES string of the molecule is C/C=C1\CSc2ccccc2C(N2CCN(CCOCCO)CC2)=N1. The van der Waals surface area contributed by atoms with E-state index < -0.39 is 0 Å². The highest BCUT2D eigenvalue weighted by Crippen LogP contribution is 2.30. The van der Waals surface area contributed by atoms with Crippen LogP contribution in [0.5, 0.6) is 0 Å². The molecular weight excluding hydrogens is 334 g/mol. The van der Waals surface area contributed by atoms with Crippen molar-refractivity contribution in [1.82, 2.24) is 9.80 Å². The van der Waals surface area contributed by atoms with Gasteiger partial charge in [-0.1, -0.05) is 24.3 Å². The molecule has 0 atom stereocenters. The standard InChI is InChI=1S/C19H27N3O2S/c1-2-16-15-25-18-6-4-3-5-17(18)19(20-16)22-9-7-21(8-10-22)11-13-24-14-12-23/h2-6,23H,7-15H2,1H3/b16-2+. The summed E-state index contributed by atoms with van der Waals surface area (Å²) >= 11 is 1.87. The predicted octanol–water partition coefficient (Wildman–Crippen LogP) is 2.07. The normalized spacial score (nSPS) is 20.3. The van der Waals surface area contributed by atoms with Crippen molar-refractivity contribution in [3.05, 3.63) is 41.6 Å². The highest BCUT2D eigenvalue weighted by atomic mass is 32.2. The average molecular weight is 362 g/mol. The molecule has 2 aliphatic heterocycles. The Hall–Kier alpha value is -1.34. The second kappa shape index (κ2) is 9.38. The Morgan fingerprint density at radius 1 is 1.20 bits per heavy atom. The number of thioether (sulfide) groups is 1. The van der Waals surface area contributed by atoms with Gasteiger partial charge in [-0.25, -0.2) is 4.99 Å². The molecular formula is C19H27N3O2S. The summed E-state index contributed by atoms with van der Waals surface area (Å²) in [6.07, 6.45) is 2.12. The van der Waals surface area contributed by atoms with Crippen LogP contribution in [0.2, 0.25) is 0 Å². The smallest absolute Gasteiger partial charge is 0.137 e. The third-order valence-corrected chi connectivity index (χ3v) is 5.65. The van der Waals surface area contributed by atoms with E-state index in [1.54, 1.807) is 0 Å². The maximum atomic E-state index is 8.76. The fourth-order valence-corrected chi connectivity index (χ4v) is 4.11. The molecule has 6 heteroatoms. The Kier molecular flexibility index (Phi) is 6.93. The van der Waals surface area contributed by atoms with Crippen LogP contribution in [0.25, 0.3) is 0 Å². The number of fused-ring (bicyclic) bond motifs is 1. The van der Waals surface area contributed by atoms with E-state index in [4.69, 9.17) is 14.8 Å². The van der Waals surface area contributed by atoms with E-state index in [1.807, 2.05) is 11.8 Å². The summed E-state index contributed by atoms with van der Waals surface area (Å²) in [6, 6.07) is 8.59. The lowest BCUT2D eigenvalue weighted by atomic mass is 10.1. The van der Waals surface area contributed by atoms with Gasteiger partial charge < -0.3 is 14.7 Å². The van der Waals surface area contributed by atoms with Crippen LogP contribution in [0.3, 0.4) is 0 Å². The molecule has 2 heterocycles. The summed E-state index contributed by atoms with van der Waals surface area (Å²) in [6.45, 7) is 8.19. The van der Waals surface area contributed by atoms with Crippen molar-refractivity contribution in [3.8, 4) is 0 Å². The van der Waals surface area contributed by atoms with Gasteiger partial charge in [-0.2, -0.15) is 0 Å². The molecule has 2 aliphatic rings. The summed E-state index contributed by atoms with van der Waals surface area (Å²) in [5.41, 5.74) is 2.40. The number of piperazine rings is 1. The molecule has 1 N–H and O–H groups in total. The van der Waals surface area contributed by atoms with Crippen LogP contribution in [0.15, 0.2) is 45.9 Å². The van der Waals surface area contributed by atoms with Crippen LogP contribution in [0.1, 0.15) is 12.5 Å². The molecule has 0 saturated carbocycles. The zero-order valence-corrected chi connectivity index (χ0v) is 15.7. The minimum absolute atomic E-state index is 0.0955. The highest BCUT2D eigenvalue weighted by molar-refractivity contribution is 7.99. The predicted molar refractivity (Wildman–Crippen MR) is 103 cm³/mol. The fraction of sp³-hybridized carbons (Fsp3) is 0.526. The number of rotatable bonds is 5. The number of amidine groups is 1. The largest absolute Gasteiger partial charge is 0.394 e. The number of nitrogens with zero attached hydrogens (tertiary/aromatic N) is 3. The van der Waals surface area contributed by atoms with Crippen LogP contribution in [0.4, 0.5) is 0 Å². The van der Waals surface area contributed by atoms with E-state index in [2.05, 4.69) is 47.1 Å². The lowest BCUT2D eigenvalue weighted by Crippen LogP contribution is -2.49. The van der Waals surface area contributed by atoms with Crippen molar-refractivity contribution in [1.29, 1.82) is 0 Å². The monoisotopic (exact) mass is 361 g/mol. The number of allylic oxidation sites excluding steroid dienone is 1. The molecule has 1 saturated heterocycles. The molecule has 1 aromatic rings. The molecule has 0 spiro atoms. The van der Waals surface area contributed by atoms with E-state index in [0.29, 0.717) is 13.2 Å². The molecule has 1 aromatic carbocycles. The van der Waals surface area contributed by atoms with Gasteiger partial charge in [0, 0.05) is 54.6 Å². The number of hydrogen-bond donors (Lipinski definition) is 1. The first-order valence-electron chi connectivity index (χ1n) is 8.94. The number of benzene rings is 1. The zero-order valence-electron chi connectivity index (χ0n) is 14.9. The molecule has 1 fully saturated rings. The van der Waals surface area contributed by atoms with Gasteiger partial charge in [0.05, 0.1) is 19.8 Å². The van der Waals surface area contributed by atoms with Gasteiger partial charge in [0.2, 0.25) is 0 Å². The van der Waals surface area contributed by atoms with E-state index in [-0.39, 0.29) is 6.61 Å². The lowest BCUT2D eigenvalue weighted by Gasteiger charge is -2.36. The second-order valence-corrected chi connectivity index (χ2v) is 7.18. The lowest BCUT2D eigenvalue weighted by molar-refractivity contribution is 0.0652. The third kappa shape index (κ3) is 4.85.